The Morgan fingerprint density at radius 1 is 1.42 bits per heavy atom. The second kappa shape index (κ2) is 7.51. The monoisotopic (exact) mass is 373 g/mol. The molecule has 1 aliphatic rings. The molecule has 24 heavy (non-hydrogen) atoms. The Hall–Kier alpha value is -0.960. The predicted octanol–water partition coefficient (Wildman–Crippen LogP) is 1.42. The molecule has 0 saturated carbocycles. The van der Waals surface area contributed by atoms with Gasteiger partial charge in [-0.2, -0.15) is 4.31 Å². The molecular weight excluding hydrogens is 346 g/mol. The van der Waals surface area contributed by atoms with E-state index in [0.29, 0.717) is 36.8 Å². The van der Waals surface area contributed by atoms with Gasteiger partial charge in [-0.25, -0.2) is 8.42 Å². The highest BCUT2D eigenvalue weighted by atomic mass is 32.2. The number of nitrogens with one attached hydrogen (secondary N) is 1. The average Bonchev–Trinajstić information content (AvgIpc) is 3.15. The molecule has 8 heteroatoms. The van der Waals surface area contributed by atoms with Gasteiger partial charge in [0.1, 0.15) is 4.21 Å². The summed E-state index contributed by atoms with van der Waals surface area (Å²) < 4.78 is 27.2. The molecule has 1 fully saturated rings. The maximum absolute atomic E-state index is 12.6. The van der Waals surface area contributed by atoms with Gasteiger partial charge in [0.05, 0.1) is 0 Å². The Bertz CT molecular complexity index is 677. The first kappa shape index (κ1) is 19.4. The highest BCUT2D eigenvalue weighted by Crippen LogP contribution is 2.29. The summed E-state index contributed by atoms with van der Waals surface area (Å²) in [5.41, 5.74) is 5.22. The zero-order chi connectivity index (χ0) is 18.0. The lowest BCUT2D eigenvalue weighted by molar-refractivity contribution is -0.128. The standard InChI is InChI=1S/C16H27N3O3S2/c1-16(2,3)15(20)18-8-6-13-4-5-14(23-13)24(21,22)19-9-7-12(10-17)11-19/h4-5,12H,6-11,17H2,1-3H3,(H,18,20). The molecule has 6 nitrogen and oxygen atoms in total. The molecule has 1 unspecified atom stereocenters. The molecule has 3 N–H and O–H groups in total. The second-order valence-electron chi connectivity index (χ2n) is 7.23. The number of rotatable bonds is 6. The maximum atomic E-state index is 12.6. The molecule has 2 heterocycles. The predicted molar refractivity (Wildman–Crippen MR) is 96.4 cm³/mol. The maximum Gasteiger partial charge on any atom is 0.252 e. The van der Waals surface area contributed by atoms with E-state index in [1.807, 2.05) is 26.8 Å². The molecular formula is C16H27N3O3S2. The number of thiophene rings is 1. The average molecular weight is 374 g/mol. The van der Waals surface area contributed by atoms with Gasteiger partial charge in [-0.05, 0) is 37.4 Å². The van der Waals surface area contributed by atoms with Crippen LogP contribution in [0.1, 0.15) is 32.1 Å². The first-order valence-corrected chi connectivity index (χ1v) is 10.5. The van der Waals surface area contributed by atoms with E-state index >= 15 is 0 Å². The molecule has 136 valence electrons. The SMILES string of the molecule is CC(C)(C)C(=O)NCCc1ccc(S(=O)(=O)N2CCC(CN)C2)s1. The fraction of sp³-hybridized carbons (Fsp3) is 0.688. The second-order valence-corrected chi connectivity index (χ2v) is 10.6. The van der Waals surface area contributed by atoms with Crippen LogP contribution in [0.25, 0.3) is 0 Å². The van der Waals surface area contributed by atoms with Crippen molar-refractivity contribution in [3.05, 3.63) is 17.0 Å². The summed E-state index contributed by atoms with van der Waals surface area (Å²) in [7, 11) is -3.42. The van der Waals surface area contributed by atoms with E-state index in [0.717, 1.165) is 11.3 Å². The van der Waals surface area contributed by atoms with Crippen molar-refractivity contribution < 1.29 is 13.2 Å². The van der Waals surface area contributed by atoms with Gasteiger partial charge in [-0.3, -0.25) is 4.79 Å². The van der Waals surface area contributed by atoms with E-state index < -0.39 is 15.4 Å². The van der Waals surface area contributed by atoms with Gasteiger partial charge in [-0.15, -0.1) is 11.3 Å². The summed E-state index contributed by atoms with van der Waals surface area (Å²) in [6.07, 6.45) is 1.46. The largest absolute Gasteiger partial charge is 0.355 e. The third kappa shape index (κ3) is 4.56. The van der Waals surface area contributed by atoms with Crippen LogP contribution in [0.15, 0.2) is 16.3 Å². The van der Waals surface area contributed by atoms with Crippen LogP contribution in [-0.2, 0) is 21.2 Å². The number of hydrogen-bond donors (Lipinski definition) is 2. The first-order valence-electron chi connectivity index (χ1n) is 8.22. The van der Waals surface area contributed by atoms with Crippen LogP contribution in [0.2, 0.25) is 0 Å². The summed E-state index contributed by atoms with van der Waals surface area (Å²) >= 11 is 1.28. The smallest absolute Gasteiger partial charge is 0.252 e. The molecule has 1 aromatic heterocycles. The Morgan fingerprint density at radius 3 is 2.71 bits per heavy atom. The zero-order valence-corrected chi connectivity index (χ0v) is 16.2. The fourth-order valence-electron chi connectivity index (χ4n) is 2.53. The summed E-state index contributed by atoms with van der Waals surface area (Å²) in [4.78, 5) is 12.8. The van der Waals surface area contributed by atoms with Gasteiger partial charge in [0.25, 0.3) is 10.0 Å². The minimum Gasteiger partial charge on any atom is -0.355 e. The Balaban J connectivity index is 1.94. The van der Waals surface area contributed by atoms with Crippen molar-refractivity contribution in [1.29, 1.82) is 0 Å². The number of amides is 1. The van der Waals surface area contributed by atoms with E-state index in [1.165, 1.54) is 15.6 Å². The number of nitrogens with zero attached hydrogens (tertiary/aromatic N) is 1. The molecule has 0 aliphatic carbocycles. The van der Waals surface area contributed by atoms with E-state index in [4.69, 9.17) is 5.73 Å². The summed E-state index contributed by atoms with van der Waals surface area (Å²) in [6, 6.07) is 3.49. The van der Waals surface area contributed by atoms with Gasteiger partial charge in [0.15, 0.2) is 0 Å². The lowest BCUT2D eigenvalue weighted by atomic mass is 9.96. The van der Waals surface area contributed by atoms with Crippen molar-refractivity contribution in [3.8, 4) is 0 Å². The molecule has 0 aromatic carbocycles. The van der Waals surface area contributed by atoms with E-state index in [1.54, 1.807) is 6.07 Å². The van der Waals surface area contributed by atoms with Crippen molar-refractivity contribution in [2.24, 2.45) is 17.1 Å². The summed E-state index contributed by atoms with van der Waals surface area (Å²) in [6.45, 7) is 7.67. The van der Waals surface area contributed by atoms with Crippen molar-refractivity contribution in [2.45, 2.75) is 37.8 Å². The van der Waals surface area contributed by atoms with E-state index in [9.17, 15) is 13.2 Å². The third-order valence-corrected chi connectivity index (χ3v) is 7.63. The van der Waals surface area contributed by atoms with Crippen LogP contribution in [0.5, 0.6) is 0 Å². The highest BCUT2D eigenvalue weighted by Gasteiger charge is 2.32. The lowest BCUT2D eigenvalue weighted by Gasteiger charge is -2.17. The Kier molecular flexibility index (Phi) is 6.06. The van der Waals surface area contributed by atoms with Crippen molar-refractivity contribution >= 4 is 27.3 Å². The molecule has 0 spiro atoms. The molecule has 2 rings (SSSR count). The number of sulfonamides is 1. The zero-order valence-electron chi connectivity index (χ0n) is 14.5. The third-order valence-electron chi connectivity index (χ3n) is 4.15. The van der Waals surface area contributed by atoms with Crippen molar-refractivity contribution in [2.75, 3.05) is 26.2 Å². The Labute approximate surface area is 148 Å². The molecule has 0 bridgehead atoms. The number of hydrogen-bond acceptors (Lipinski definition) is 5. The first-order chi connectivity index (χ1) is 11.1. The van der Waals surface area contributed by atoms with Crippen molar-refractivity contribution in [3.63, 3.8) is 0 Å². The van der Waals surface area contributed by atoms with Crippen LogP contribution in [-0.4, -0.2) is 44.8 Å². The fourth-order valence-corrected chi connectivity index (χ4v) is 5.57. The molecule has 1 saturated heterocycles. The quantitative estimate of drug-likeness (QED) is 0.789. The summed E-state index contributed by atoms with van der Waals surface area (Å²) in [5, 5.41) is 2.88. The molecule has 0 radical (unpaired) electrons. The van der Waals surface area contributed by atoms with Crippen LogP contribution >= 0.6 is 11.3 Å². The van der Waals surface area contributed by atoms with Gasteiger partial charge < -0.3 is 11.1 Å². The Morgan fingerprint density at radius 2 is 2.12 bits per heavy atom. The molecule has 1 atom stereocenters. The number of nitrogens with two attached hydrogens (primary N) is 1. The topological polar surface area (TPSA) is 92.5 Å². The normalized spacial score (nSPS) is 19.6. The molecule has 1 aromatic rings. The van der Waals surface area contributed by atoms with E-state index in [2.05, 4.69) is 5.32 Å². The van der Waals surface area contributed by atoms with Gasteiger partial charge >= 0.3 is 0 Å². The number of carbonyl (C=O) groups excluding carboxylic acids is 1. The van der Waals surface area contributed by atoms with Crippen LogP contribution < -0.4 is 11.1 Å². The van der Waals surface area contributed by atoms with Crippen LogP contribution in [0.4, 0.5) is 0 Å². The number of carbonyl (C=O) groups is 1. The van der Waals surface area contributed by atoms with Gasteiger partial charge in [0, 0.05) is 29.9 Å². The van der Waals surface area contributed by atoms with Crippen LogP contribution in [0.3, 0.4) is 0 Å². The highest BCUT2D eigenvalue weighted by molar-refractivity contribution is 7.91. The molecule has 1 aliphatic heterocycles. The van der Waals surface area contributed by atoms with E-state index in [-0.39, 0.29) is 11.8 Å². The van der Waals surface area contributed by atoms with Gasteiger partial charge in [-0.1, -0.05) is 20.8 Å². The molecule has 1 amide bonds. The van der Waals surface area contributed by atoms with Crippen molar-refractivity contribution in [1.82, 2.24) is 9.62 Å². The minimum absolute atomic E-state index is 0.00297. The minimum atomic E-state index is -3.42. The van der Waals surface area contributed by atoms with Gasteiger partial charge in [0.2, 0.25) is 5.91 Å². The summed E-state index contributed by atoms with van der Waals surface area (Å²) in [5.74, 6) is 0.253. The van der Waals surface area contributed by atoms with Crippen LogP contribution in [0, 0.1) is 11.3 Å². The lowest BCUT2D eigenvalue weighted by Crippen LogP contribution is -2.35.